The zero-order chi connectivity index (χ0) is 21.6. The summed E-state index contributed by atoms with van der Waals surface area (Å²) in [6.45, 7) is 9.67. The van der Waals surface area contributed by atoms with Gasteiger partial charge >= 0.3 is 5.97 Å². The molecule has 4 rings (SSSR count). The number of H-pyrrole nitrogens is 1. The van der Waals surface area contributed by atoms with E-state index in [1.165, 1.54) is 0 Å². The maximum Gasteiger partial charge on any atom is 0.336 e. The number of fused-ring (bicyclic) bond motifs is 1. The van der Waals surface area contributed by atoms with Crippen LogP contribution in [0.4, 0.5) is 0 Å². The van der Waals surface area contributed by atoms with E-state index in [1.807, 2.05) is 38.3 Å². The number of Topliss-reactive ketones (excluding diaryl/α,β-unsaturated/α-hetero) is 1. The largest absolute Gasteiger partial charge is 0.460 e. The van der Waals surface area contributed by atoms with Gasteiger partial charge in [0.2, 0.25) is 0 Å². The minimum Gasteiger partial charge on any atom is -0.460 e. The number of carbonyl (C=O) groups excluding carboxylic acids is 2. The molecule has 1 N–H and O–H groups in total. The minimum absolute atomic E-state index is 0.121. The van der Waals surface area contributed by atoms with E-state index in [0.717, 1.165) is 28.3 Å². The summed E-state index contributed by atoms with van der Waals surface area (Å²) in [5.41, 5.74) is 3.50. The van der Waals surface area contributed by atoms with Gasteiger partial charge in [-0.3, -0.25) is 14.9 Å². The summed E-state index contributed by atoms with van der Waals surface area (Å²) < 4.78 is 5.57. The first kappa shape index (κ1) is 20.7. The molecule has 2 unspecified atom stereocenters. The van der Waals surface area contributed by atoms with E-state index in [1.54, 1.807) is 17.5 Å². The molecule has 7 heteroatoms. The van der Waals surface area contributed by atoms with E-state index in [9.17, 15) is 9.59 Å². The number of nitrogens with one attached hydrogen (secondary N) is 1. The second-order valence-corrected chi connectivity index (χ2v) is 10.1. The molecule has 3 heterocycles. The van der Waals surface area contributed by atoms with Gasteiger partial charge in [-0.25, -0.2) is 4.79 Å². The van der Waals surface area contributed by atoms with Crippen LogP contribution < -0.4 is 0 Å². The molecular formula is C23H27N3O3S. The summed E-state index contributed by atoms with van der Waals surface area (Å²) in [6.07, 6.45) is 2.68. The van der Waals surface area contributed by atoms with E-state index in [-0.39, 0.29) is 17.3 Å². The van der Waals surface area contributed by atoms with Gasteiger partial charge in [0.1, 0.15) is 5.78 Å². The SMILES string of the molecule is CC1=C(C(=O)OC(C)C)C(c2cn[nH]c2-c2cccs2)C2C(=O)CC(C)(C)CC2=N1. The van der Waals surface area contributed by atoms with Crippen molar-refractivity contribution in [1.82, 2.24) is 10.2 Å². The van der Waals surface area contributed by atoms with E-state index < -0.39 is 17.8 Å². The van der Waals surface area contributed by atoms with Gasteiger partial charge in [-0.15, -0.1) is 11.3 Å². The highest BCUT2D eigenvalue weighted by Crippen LogP contribution is 2.48. The quantitative estimate of drug-likeness (QED) is 0.706. The molecule has 1 fully saturated rings. The van der Waals surface area contributed by atoms with Crippen LogP contribution in [0.15, 0.2) is 40.0 Å². The lowest BCUT2D eigenvalue weighted by Gasteiger charge is -2.41. The van der Waals surface area contributed by atoms with Crippen LogP contribution in [-0.2, 0) is 14.3 Å². The van der Waals surface area contributed by atoms with Crippen molar-refractivity contribution >= 4 is 28.8 Å². The Morgan fingerprint density at radius 2 is 2.07 bits per heavy atom. The molecule has 2 aromatic rings. The van der Waals surface area contributed by atoms with Gasteiger partial charge in [-0.05, 0) is 44.1 Å². The first-order valence-electron chi connectivity index (χ1n) is 10.3. The lowest BCUT2D eigenvalue weighted by atomic mass is 9.63. The molecule has 0 saturated heterocycles. The third-order valence-corrected chi connectivity index (χ3v) is 6.59. The molecule has 1 saturated carbocycles. The fourth-order valence-electron chi connectivity index (χ4n) is 4.62. The predicted octanol–water partition coefficient (Wildman–Crippen LogP) is 4.91. The van der Waals surface area contributed by atoms with Crippen LogP contribution in [0.2, 0.25) is 0 Å². The van der Waals surface area contributed by atoms with Crippen molar-refractivity contribution in [2.75, 3.05) is 0 Å². The lowest BCUT2D eigenvalue weighted by Crippen LogP contribution is -2.44. The number of nitrogens with zero attached hydrogens (tertiary/aromatic N) is 2. The maximum atomic E-state index is 13.4. The number of aromatic amines is 1. The molecule has 0 aromatic carbocycles. The zero-order valence-electron chi connectivity index (χ0n) is 18.0. The van der Waals surface area contributed by atoms with Crippen molar-refractivity contribution in [2.24, 2.45) is 16.3 Å². The van der Waals surface area contributed by atoms with Gasteiger partial charge in [0.15, 0.2) is 0 Å². The summed E-state index contributed by atoms with van der Waals surface area (Å²) in [5.74, 6) is -1.21. The maximum absolute atomic E-state index is 13.4. The molecule has 0 spiro atoms. The van der Waals surface area contributed by atoms with Crippen molar-refractivity contribution in [1.29, 1.82) is 0 Å². The molecule has 1 aliphatic heterocycles. The van der Waals surface area contributed by atoms with E-state index in [4.69, 9.17) is 9.73 Å². The molecule has 2 aliphatic rings. The standard InChI is InChI=1S/C23H27N3O3S/c1-12(2)29-22(28)18-13(3)25-15-9-23(4,5)10-16(27)20(15)19(18)14-11-24-26-21(14)17-7-6-8-30-17/h6-8,11-12,19-20H,9-10H2,1-5H3,(H,24,26). The Labute approximate surface area is 180 Å². The molecule has 0 amide bonds. The summed E-state index contributed by atoms with van der Waals surface area (Å²) in [4.78, 5) is 32.3. The Morgan fingerprint density at radius 1 is 1.30 bits per heavy atom. The summed E-state index contributed by atoms with van der Waals surface area (Å²) in [5, 5.41) is 9.36. The zero-order valence-corrected chi connectivity index (χ0v) is 18.8. The van der Waals surface area contributed by atoms with E-state index in [0.29, 0.717) is 17.7 Å². The number of rotatable bonds is 4. The van der Waals surface area contributed by atoms with Gasteiger partial charge in [0.25, 0.3) is 0 Å². The summed E-state index contributed by atoms with van der Waals surface area (Å²) in [7, 11) is 0. The number of allylic oxidation sites excluding steroid dienone is 1. The molecule has 158 valence electrons. The van der Waals surface area contributed by atoms with E-state index >= 15 is 0 Å². The number of ether oxygens (including phenoxy) is 1. The molecule has 30 heavy (non-hydrogen) atoms. The van der Waals surface area contributed by atoms with Crippen LogP contribution in [0, 0.1) is 11.3 Å². The average Bonchev–Trinajstić information content (AvgIpc) is 3.30. The number of carbonyl (C=O) groups is 2. The lowest BCUT2D eigenvalue weighted by molar-refractivity contribution is -0.143. The number of aromatic nitrogens is 2. The van der Waals surface area contributed by atoms with Crippen LogP contribution >= 0.6 is 11.3 Å². The smallest absolute Gasteiger partial charge is 0.336 e. The van der Waals surface area contributed by atoms with Crippen molar-refractivity contribution in [3.8, 4) is 10.6 Å². The number of ketones is 1. The molecule has 2 aromatic heterocycles. The van der Waals surface area contributed by atoms with Crippen molar-refractivity contribution in [3.05, 3.63) is 40.5 Å². The Hall–Kier alpha value is -2.54. The normalized spacial score (nSPS) is 23.4. The van der Waals surface area contributed by atoms with Crippen LogP contribution in [0.1, 0.15) is 58.9 Å². The third-order valence-electron chi connectivity index (χ3n) is 5.70. The number of hydrogen-bond donors (Lipinski definition) is 1. The van der Waals surface area contributed by atoms with Crippen LogP contribution in [0.25, 0.3) is 10.6 Å². The predicted molar refractivity (Wildman–Crippen MR) is 118 cm³/mol. The average molecular weight is 426 g/mol. The second-order valence-electron chi connectivity index (χ2n) is 9.17. The first-order chi connectivity index (χ1) is 14.2. The van der Waals surface area contributed by atoms with Crippen molar-refractivity contribution in [3.63, 3.8) is 0 Å². The number of thiophene rings is 1. The van der Waals surface area contributed by atoms with Crippen molar-refractivity contribution in [2.45, 2.75) is 59.5 Å². The highest BCUT2D eigenvalue weighted by Gasteiger charge is 2.48. The van der Waals surface area contributed by atoms with Crippen LogP contribution in [0.5, 0.6) is 0 Å². The Morgan fingerprint density at radius 3 is 2.73 bits per heavy atom. The molecule has 2 atom stereocenters. The summed E-state index contributed by atoms with van der Waals surface area (Å²) >= 11 is 1.59. The van der Waals surface area contributed by atoms with Gasteiger partial charge in [-0.1, -0.05) is 19.9 Å². The highest BCUT2D eigenvalue weighted by molar-refractivity contribution is 7.13. The topological polar surface area (TPSA) is 84.4 Å². The summed E-state index contributed by atoms with van der Waals surface area (Å²) in [6, 6.07) is 3.98. The molecule has 6 nitrogen and oxygen atoms in total. The van der Waals surface area contributed by atoms with Gasteiger partial charge in [-0.2, -0.15) is 5.10 Å². The monoisotopic (exact) mass is 425 g/mol. The van der Waals surface area contributed by atoms with E-state index in [2.05, 4.69) is 24.0 Å². The Bertz CT molecular complexity index is 1040. The van der Waals surface area contributed by atoms with Crippen molar-refractivity contribution < 1.29 is 14.3 Å². The highest BCUT2D eigenvalue weighted by atomic mass is 32.1. The molecule has 0 radical (unpaired) electrons. The van der Waals surface area contributed by atoms with Gasteiger partial charge in [0.05, 0.1) is 34.4 Å². The van der Waals surface area contributed by atoms with Gasteiger partial charge < -0.3 is 4.74 Å². The second kappa shape index (κ2) is 7.61. The van der Waals surface area contributed by atoms with Gasteiger partial charge in [0, 0.05) is 29.3 Å². The fraction of sp³-hybridized carbons (Fsp3) is 0.478. The Kier molecular flexibility index (Phi) is 5.26. The molecule has 1 aliphatic carbocycles. The third kappa shape index (κ3) is 3.67. The molecular weight excluding hydrogens is 398 g/mol. The Balaban J connectivity index is 1.89. The first-order valence-corrected chi connectivity index (χ1v) is 11.1. The number of hydrogen-bond acceptors (Lipinski definition) is 6. The minimum atomic E-state index is -0.465. The number of esters is 1. The number of aliphatic imine (C=N–C) groups is 1. The fourth-order valence-corrected chi connectivity index (χ4v) is 5.36. The molecule has 0 bridgehead atoms. The van der Waals surface area contributed by atoms with Crippen LogP contribution in [-0.4, -0.2) is 33.8 Å². The van der Waals surface area contributed by atoms with Crippen LogP contribution in [0.3, 0.4) is 0 Å².